The summed E-state index contributed by atoms with van der Waals surface area (Å²) in [5, 5.41) is 13.8. The lowest BCUT2D eigenvalue weighted by Gasteiger charge is -1.98. The van der Waals surface area contributed by atoms with Crippen molar-refractivity contribution < 1.29 is 0 Å². The number of fused-ring (bicyclic) bond motifs is 1. The molecule has 0 bridgehead atoms. The van der Waals surface area contributed by atoms with Gasteiger partial charge >= 0.3 is 0 Å². The Morgan fingerprint density at radius 1 is 1.43 bits per heavy atom. The van der Waals surface area contributed by atoms with E-state index in [0.717, 1.165) is 15.9 Å². The van der Waals surface area contributed by atoms with Crippen molar-refractivity contribution in [1.82, 2.24) is 4.37 Å². The standard InChI is InChI=1S/C10H9N3S/c11-6-3-7-12-10-8-4-1-2-5-9(8)13-14-10/h1-2,4-5,12H,3,7H2. The van der Waals surface area contributed by atoms with E-state index in [1.807, 2.05) is 24.3 Å². The molecule has 4 heteroatoms. The monoisotopic (exact) mass is 203 g/mol. The topological polar surface area (TPSA) is 48.7 Å². The molecule has 0 atom stereocenters. The van der Waals surface area contributed by atoms with Crippen LogP contribution in [0.2, 0.25) is 0 Å². The van der Waals surface area contributed by atoms with Gasteiger partial charge in [-0.25, -0.2) is 0 Å². The minimum Gasteiger partial charge on any atom is -0.374 e. The first-order valence-corrected chi connectivity index (χ1v) is 5.14. The van der Waals surface area contributed by atoms with E-state index in [2.05, 4.69) is 15.8 Å². The first-order valence-electron chi connectivity index (χ1n) is 4.37. The van der Waals surface area contributed by atoms with E-state index in [1.165, 1.54) is 11.5 Å². The van der Waals surface area contributed by atoms with Gasteiger partial charge in [-0.15, -0.1) is 0 Å². The van der Waals surface area contributed by atoms with E-state index in [0.29, 0.717) is 13.0 Å². The van der Waals surface area contributed by atoms with Gasteiger partial charge in [0, 0.05) is 11.9 Å². The normalized spacial score (nSPS) is 9.93. The fourth-order valence-corrected chi connectivity index (χ4v) is 2.04. The largest absolute Gasteiger partial charge is 0.374 e. The summed E-state index contributed by atoms with van der Waals surface area (Å²) in [5.74, 6) is 0. The molecule has 0 saturated heterocycles. The third-order valence-electron chi connectivity index (χ3n) is 1.91. The summed E-state index contributed by atoms with van der Waals surface area (Å²) in [5.41, 5.74) is 1.01. The number of rotatable bonds is 3. The van der Waals surface area contributed by atoms with Crippen molar-refractivity contribution in [1.29, 1.82) is 5.26 Å². The van der Waals surface area contributed by atoms with Crippen LogP contribution < -0.4 is 5.32 Å². The number of hydrogen-bond donors (Lipinski definition) is 1. The molecule has 2 aromatic rings. The number of aromatic nitrogens is 1. The molecule has 0 aliphatic carbocycles. The molecule has 0 radical (unpaired) electrons. The Kier molecular flexibility index (Phi) is 2.61. The number of nitriles is 1. The summed E-state index contributed by atoms with van der Waals surface area (Å²) in [6, 6.07) is 10.1. The molecule has 0 aliphatic heterocycles. The first kappa shape index (κ1) is 8.97. The molecule has 14 heavy (non-hydrogen) atoms. The van der Waals surface area contributed by atoms with Crippen LogP contribution >= 0.6 is 11.5 Å². The van der Waals surface area contributed by atoms with Crippen LogP contribution in [0.15, 0.2) is 24.3 Å². The Morgan fingerprint density at radius 3 is 3.14 bits per heavy atom. The van der Waals surface area contributed by atoms with Crippen LogP contribution in [0, 0.1) is 11.3 Å². The maximum absolute atomic E-state index is 8.41. The SMILES string of the molecule is N#CCCNc1snc2ccccc12. The van der Waals surface area contributed by atoms with Gasteiger partial charge in [-0.05, 0) is 23.7 Å². The van der Waals surface area contributed by atoms with E-state index < -0.39 is 0 Å². The van der Waals surface area contributed by atoms with Crippen LogP contribution in [0.4, 0.5) is 5.00 Å². The van der Waals surface area contributed by atoms with Crippen LogP contribution in [0.3, 0.4) is 0 Å². The lowest BCUT2D eigenvalue weighted by molar-refractivity contribution is 1.08. The highest BCUT2D eigenvalue weighted by Gasteiger charge is 2.02. The summed E-state index contributed by atoms with van der Waals surface area (Å²) in [6.07, 6.45) is 0.520. The fraction of sp³-hybridized carbons (Fsp3) is 0.200. The minimum absolute atomic E-state index is 0.520. The zero-order valence-corrected chi connectivity index (χ0v) is 8.34. The maximum atomic E-state index is 8.41. The Labute approximate surface area is 86.2 Å². The lowest BCUT2D eigenvalue weighted by Crippen LogP contribution is -1.98. The van der Waals surface area contributed by atoms with Crippen molar-refractivity contribution in [2.45, 2.75) is 6.42 Å². The van der Waals surface area contributed by atoms with Crippen molar-refractivity contribution in [2.75, 3.05) is 11.9 Å². The third kappa shape index (κ3) is 1.68. The van der Waals surface area contributed by atoms with E-state index >= 15 is 0 Å². The molecule has 70 valence electrons. The van der Waals surface area contributed by atoms with Crippen LogP contribution in [0.1, 0.15) is 6.42 Å². The van der Waals surface area contributed by atoms with Crippen LogP contribution in [0.25, 0.3) is 10.9 Å². The Balaban J connectivity index is 2.22. The molecule has 0 aliphatic rings. The average molecular weight is 203 g/mol. The zero-order chi connectivity index (χ0) is 9.80. The quantitative estimate of drug-likeness (QED) is 0.780. The molecule has 1 aromatic heterocycles. The van der Waals surface area contributed by atoms with E-state index in [-0.39, 0.29) is 0 Å². The highest BCUT2D eigenvalue weighted by atomic mass is 32.1. The van der Waals surface area contributed by atoms with Crippen molar-refractivity contribution in [3.05, 3.63) is 24.3 Å². The fourth-order valence-electron chi connectivity index (χ4n) is 1.25. The second-order valence-electron chi connectivity index (χ2n) is 2.86. The highest BCUT2D eigenvalue weighted by Crippen LogP contribution is 2.26. The van der Waals surface area contributed by atoms with Crippen LogP contribution in [-0.4, -0.2) is 10.9 Å². The number of hydrogen-bond acceptors (Lipinski definition) is 4. The molecule has 0 saturated carbocycles. The van der Waals surface area contributed by atoms with Crippen molar-refractivity contribution in [2.24, 2.45) is 0 Å². The van der Waals surface area contributed by atoms with E-state index in [9.17, 15) is 0 Å². The van der Waals surface area contributed by atoms with Crippen molar-refractivity contribution in [3.63, 3.8) is 0 Å². The summed E-state index contributed by atoms with van der Waals surface area (Å²) >= 11 is 1.44. The number of nitrogens with zero attached hydrogens (tertiary/aromatic N) is 2. The number of anilines is 1. The van der Waals surface area contributed by atoms with Gasteiger partial charge in [0.1, 0.15) is 5.00 Å². The molecule has 0 fully saturated rings. The highest BCUT2D eigenvalue weighted by molar-refractivity contribution is 7.11. The Hall–Kier alpha value is -1.60. The summed E-state index contributed by atoms with van der Waals surface area (Å²) < 4.78 is 4.29. The molecule has 2 rings (SSSR count). The van der Waals surface area contributed by atoms with Crippen molar-refractivity contribution in [3.8, 4) is 6.07 Å². The molecule has 0 amide bonds. The maximum Gasteiger partial charge on any atom is 0.117 e. The van der Waals surface area contributed by atoms with Crippen LogP contribution in [0.5, 0.6) is 0 Å². The van der Waals surface area contributed by atoms with Crippen molar-refractivity contribution >= 4 is 27.4 Å². The smallest absolute Gasteiger partial charge is 0.117 e. The molecule has 0 unspecified atom stereocenters. The predicted molar refractivity (Wildman–Crippen MR) is 58.3 cm³/mol. The molecule has 1 N–H and O–H groups in total. The Morgan fingerprint density at radius 2 is 2.29 bits per heavy atom. The van der Waals surface area contributed by atoms with Crippen LogP contribution in [-0.2, 0) is 0 Å². The van der Waals surface area contributed by atoms with Gasteiger partial charge in [-0.2, -0.15) is 9.64 Å². The molecular formula is C10H9N3S. The van der Waals surface area contributed by atoms with Gasteiger partial charge in [0.2, 0.25) is 0 Å². The van der Waals surface area contributed by atoms with Gasteiger partial charge in [-0.3, -0.25) is 0 Å². The summed E-state index contributed by atoms with van der Waals surface area (Å²) in [4.78, 5) is 0. The molecule has 0 spiro atoms. The van der Waals surface area contributed by atoms with Gasteiger partial charge in [0.25, 0.3) is 0 Å². The summed E-state index contributed by atoms with van der Waals surface area (Å²) in [7, 11) is 0. The second-order valence-corrected chi connectivity index (χ2v) is 3.64. The van der Waals surface area contributed by atoms with E-state index in [1.54, 1.807) is 0 Å². The average Bonchev–Trinajstić information content (AvgIpc) is 2.63. The van der Waals surface area contributed by atoms with Gasteiger partial charge in [0.05, 0.1) is 18.0 Å². The number of nitrogens with one attached hydrogen (secondary N) is 1. The Bertz CT molecular complexity index is 469. The molecular weight excluding hydrogens is 194 g/mol. The van der Waals surface area contributed by atoms with Gasteiger partial charge in [0.15, 0.2) is 0 Å². The van der Waals surface area contributed by atoms with Gasteiger partial charge in [-0.1, -0.05) is 12.1 Å². The second kappa shape index (κ2) is 4.07. The van der Waals surface area contributed by atoms with E-state index in [4.69, 9.17) is 5.26 Å². The molecule has 1 heterocycles. The number of benzene rings is 1. The summed E-state index contributed by atoms with van der Waals surface area (Å²) in [6.45, 7) is 0.683. The first-order chi connectivity index (χ1) is 6.92. The predicted octanol–water partition coefficient (Wildman–Crippen LogP) is 2.62. The van der Waals surface area contributed by atoms with Gasteiger partial charge < -0.3 is 5.32 Å². The zero-order valence-electron chi connectivity index (χ0n) is 7.53. The third-order valence-corrected chi connectivity index (χ3v) is 2.74. The molecule has 1 aromatic carbocycles. The minimum atomic E-state index is 0.520. The lowest BCUT2D eigenvalue weighted by atomic mass is 10.2. The molecule has 3 nitrogen and oxygen atoms in total.